The van der Waals surface area contributed by atoms with Gasteiger partial charge < -0.3 is 26.0 Å². The number of amides is 1. The number of pyridine rings is 1. The maximum atomic E-state index is 14.2. The first-order valence-corrected chi connectivity index (χ1v) is 13.1. The van der Waals surface area contributed by atoms with Crippen LogP contribution in [0.15, 0.2) is 58.2 Å². The normalized spacial score (nSPS) is 24.9. The molecule has 5 N–H and O–H groups in total. The van der Waals surface area contributed by atoms with E-state index in [1.807, 2.05) is 0 Å². The fraction of sp³-hybridized carbons (Fsp3) is 0.333. The number of nitrogens with two attached hydrogens (primary N) is 1. The van der Waals surface area contributed by atoms with E-state index in [0.717, 1.165) is 0 Å². The lowest BCUT2D eigenvalue weighted by Gasteiger charge is -2.50. The number of primary amides is 1. The number of carbonyl (C=O) groups is 3. The Balaban J connectivity index is 1.75. The first-order chi connectivity index (χ1) is 19.8. The van der Waals surface area contributed by atoms with Gasteiger partial charge in [0, 0.05) is 37.5 Å². The monoisotopic (exact) mass is 571 g/mol. The summed E-state index contributed by atoms with van der Waals surface area (Å²) in [6, 6.07) is 5.75. The van der Waals surface area contributed by atoms with Gasteiger partial charge in [0.1, 0.15) is 28.5 Å². The van der Waals surface area contributed by atoms with Crippen LogP contribution in [0, 0.1) is 28.6 Å². The standard InChI is InChI=1S/C30H29N5O7/c1-34(2)19-13-14(8-9-16-7-5-6-10-32-16)24(36)21-17(19)11-15-12-18-23(35(3)4)26(38)22(29(31)40)28(39)30(18,41)27(33-42)20(15)25(21)37/h5-7,10,13,15,18,23,36,38,41H,11-12H2,1-4H3,(H2,31,40)/t15-,18-,23-,30-/m0/s1. The second-order valence-electron chi connectivity index (χ2n) is 11.1. The number of anilines is 1. The molecular weight excluding hydrogens is 542 g/mol. The summed E-state index contributed by atoms with van der Waals surface area (Å²) in [7, 11) is 6.68. The molecule has 0 unspecified atom stereocenters. The van der Waals surface area contributed by atoms with E-state index in [1.165, 1.54) is 4.90 Å². The molecule has 0 fully saturated rings. The fourth-order valence-electron chi connectivity index (χ4n) is 6.48. The van der Waals surface area contributed by atoms with Crippen LogP contribution in [0.2, 0.25) is 0 Å². The number of benzene rings is 1. The molecule has 3 aliphatic carbocycles. The second kappa shape index (κ2) is 10.2. The van der Waals surface area contributed by atoms with E-state index < -0.39 is 63.7 Å². The molecule has 2 aromatic rings. The third-order valence-corrected chi connectivity index (χ3v) is 8.26. The number of aromatic nitrogens is 1. The SMILES string of the molecule is CN(C)c1cc(C#Cc2ccccn2)c(O)c2c1C[C@H]1C[C@H]3[C@H](N(C)C)C(O)=C(C(N)=O)C(=O)[C@@]3(O)C(N=O)=C1C2=O. The fourth-order valence-corrected chi connectivity index (χ4v) is 6.48. The molecule has 216 valence electrons. The third kappa shape index (κ3) is 4.08. The Morgan fingerprint density at radius 1 is 1.17 bits per heavy atom. The average molecular weight is 572 g/mol. The molecule has 1 amide bonds. The topological polar surface area (TPSA) is 187 Å². The predicted octanol–water partition coefficient (Wildman–Crippen LogP) is 1.19. The lowest BCUT2D eigenvalue weighted by Crippen LogP contribution is -2.63. The van der Waals surface area contributed by atoms with Crippen molar-refractivity contribution in [2.45, 2.75) is 24.5 Å². The Morgan fingerprint density at radius 3 is 2.45 bits per heavy atom. The number of Topliss-reactive ketones (excluding diaryl/α,β-unsaturated/α-hetero) is 2. The highest BCUT2D eigenvalue weighted by atomic mass is 16.3. The number of hydrogen-bond acceptors (Lipinski definition) is 11. The summed E-state index contributed by atoms with van der Waals surface area (Å²) in [6.45, 7) is 0. The molecule has 4 atom stereocenters. The molecule has 12 nitrogen and oxygen atoms in total. The molecule has 0 saturated carbocycles. The highest BCUT2D eigenvalue weighted by molar-refractivity contribution is 6.25. The Bertz CT molecular complexity index is 1680. The van der Waals surface area contributed by atoms with Gasteiger partial charge in [-0.25, -0.2) is 4.98 Å². The van der Waals surface area contributed by atoms with Crippen molar-refractivity contribution in [3.63, 3.8) is 0 Å². The minimum absolute atomic E-state index is 0.0183. The van der Waals surface area contributed by atoms with Crippen molar-refractivity contribution in [1.82, 2.24) is 9.88 Å². The number of rotatable bonds is 4. The van der Waals surface area contributed by atoms with Gasteiger partial charge in [-0.05, 0) is 67.7 Å². The van der Waals surface area contributed by atoms with E-state index in [4.69, 9.17) is 5.73 Å². The number of ketones is 2. The van der Waals surface area contributed by atoms with E-state index in [9.17, 15) is 34.6 Å². The lowest BCUT2D eigenvalue weighted by molar-refractivity contribution is -0.144. The van der Waals surface area contributed by atoms with Crippen molar-refractivity contribution in [3.05, 3.63) is 80.4 Å². The number of nitrogens with zero attached hydrogens (tertiary/aromatic N) is 4. The van der Waals surface area contributed by atoms with Gasteiger partial charge in [-0.15, -0.1) is 4.91 Å². The van der Waals surface area contributed by atoms with Crippen LogP contribution in [-0.2, 0) is 16.0 Å². The number of phenolic OH excluding ortho intramolecular Hbond substituents is 1. The van der Waals surface area contributed by atoms with Crippen LogP contribution in [0.1, 0.15) is 33.6 Å². The van der Waals surface area contributed by atoms with Crippen LogP contribution in [0.3, 0.4) is 0 Å². The summed E-state index contributed by atoms with van der Waals surface area (Å²) in [5.74, 6) is -0.564. The third-order valence-electron chi connectivity index (χ3n) is 8.26. The number of allylic oxidation sites excluding steroid dienone is 1. The molecule has 0 aliphatic heterocycles. The van der Waals surface area contributed by atoms with E-state index >= 15 is 0 Å². The second-order valence-corrected chi connectivity index (χ2v) is 11.1. The van der Waals surface area contributed by atoms with Crippen molar-refractivity contribution < 1.29 is 29.7 Å². The van der Waals surface area contributed by atoms with Gasteiger partial charge in [0.2, 0.25) is 5.78 Å². The van der Waals surface area contributed by atoms with E-state index in [2.05, 4.69) is 22.0 Å². The summed E-state index contributed by atoms with van der Waals surface area (Å²) in [4.78, 5) is 59.8. The zero-order valence-electron chi connectivity index (χ0n) is 23.4. The number of aromatic hydroxyl groups is 1. The molecule has 0 radical (unpaired) electrons. The number of fused-ring (bicyclic) bond motifs is 3. The minimum atomic E-state index is -2.72. The number of likely N-dealkylation sites (N-methyl/N-ethyl adjacent to an activating group) is 1. The van der Waals surface area contributed by atoms with Crippen molar-refractivity contribution in [3.8, 4) is 17.6 Å². The Labute approximate surface area is 241 Å². The van der Waals surface area contributed by atoms with Crippen molar-refractivity contribution in [1.29, 1.82) is 0 Å². The summed E-state index contributed by atoms with van der Waals surface area (Å²) in [6.07, 6.45) is 1.70. The van der Waals surface area contributed by atoms with Gasteiger partial charge in [-0.2, -0.15) is 0 Å². The summed E-state index contributed by atoms with van der Waals surface area (Å²) in [5.41, 5.74) is 2.38. The molecule has 0 saturated heterocycles. The largest absolute Gasteiger partial charge is 0.510 e. The molecule has 1 heterocycles. The molecule has 12 heteroatoms. The number of phenols is 1. The lowest BCUT2D eigenvalue weighted by atomic mass is 9.58. The summed E-state index contributed by atoms with van der Waals surface area (Å²) in [5, 5.41) is 37.2. The van der Waals surface area contributed by atoms with Crippen LogP contribution < -0.4 is 10.6 Å². The molecule has 42 heavy (non-hydrogen) atoms. The summed E-state index contributed by atoms with van der Waals surface area (Å²) < 4.78 is 0. The zero-order chi connectivity index (χ0) is 30.7. The highest BCUT2D eigenvalue weighted by Crippen LogP contribution is 2.54. The molecule has 1 aromatic carbocycles. The van der Waals surface area contributed by atoms with Crippen molar-refractivity contribution >= 4 is 23.2 Å². The van der Waals surface area contributed by atoms with Gasteiger partial charge in [-0.1, -0.05) is 12.0 Å². The van der Waals surface area contributed by atoms with E-state index in [0.29, 0.717) is 16.9 Å². The minimum Gasteiger partial charge on any atom is -0.510 e. The Morgan fingerprint density at radius 2 is 1.88 bits per heavy atom. The summed E-state index contributed by atoms with van der Waals surface area (Å²) >= 11 is 0. The van der Waals surface area contributed by atoms with Crippen LogP contribution >= 0.6 is 0 Å². The van der Waals surface area contributed by atoms with Gasteiger partial charge in [0.15, 0.2) is 11.4 Å². The quantitative estimate of drug-likeness (QED) is 0.236. The van der Waals surface area contributed by atoms with Crippen LogP contribution in [0.25, 0.3) is 0 Å². The van der Waals surface area contributed by atoms with Gasteiger partial charge in [-0.3, -0.25) is 19.3 Å². The van der Waals surface area contributed by atoms with Crippen molar-refractivity contribution in [2.75, 3.05) is 33.1 Å². The zero-order valence-corrected chi connectivity index (χ0v) is 23.4. The first kappa shape index (κ1) is 28.7. The number of aliphatic hydroxyl groups is 2. The van der Waals surface area contributed by atoms with Gasteiger partial charge >= 0.3 is 0 Å². The average Bonchev–Trinajstić information content (AvgIpc) is 2.93. The van der Waals surface area contributed by atoms with Gasteiger partial charge in [0.05, 0.1) is 17.2 Å². The van der Waals surface area contributed by atoms with Gasteiger partial charge in [0.25, 0.3) is 5.91 Å². The number of nitroso groups, excluding NO2 is 1. The van der Waals surface area contributed by atoms with Crippen molar-refractivity contribution in [2.24, 2.45) is 22.7 Å². The van der Waals surface area contributed by atoms with Crippen LogP contribution in [0.4, 0.5) is 5.69 Å². The molecule has 0 bridgehead atoms. The number of carbonyl (C=O) groups excluding carboxylic acids is 3. The predicted molar refractivity (Wildman–Crippen MR) is 151 cm³/mol. The Hall–Kier alpha value is -4.86. The number of hydrogen-bond donors (Lipinski definition) is 4. The molecule has 0 spiro atoms. The maximum absolute atomic E-state index is 14.2. The molecular formula is C30H29N5O7. The maximum Gasteiger partial charge on any atom is 0.255 e. The highest BCUT2D eigenvalue weighted by Gasteiger charge is 2.63. The first-order valence-electron chi connectivity index (χ1n) is 13.1. The molecule has 1 aromatic heterocycles. The smallest absolute Gasteiger partial charge is 0.255 e. The van der Waals surface area contributed by atoms with Crippen LogP contribution in [-0.4, -0.2) is 82.5 Å². The molecule has 5 rings (SSSR count). The van der Waals surface area contributed by atoms with E-state index in [1.54, 1.807) is 63.6 Å². The van der Waals surface area contributed by atoms with E-state index in [-0.39, 0.29) is 29.5 Å². The van der Waals surface area contributed by atoms with Crippen LogP contribution in [0.5, 0.6) is 5.75 Å². The number of aliphatic hydroxyl groups excluding tert-OH is 1. The Kier molecular flexibility index (Phi) is 6.96. The molecule has 3 aliphatic rings.